The fourth-order valence-electron chi connectivity index (χ4n) is 4.04. The van der Waals surface area contributed by atoms with Gasteiger partial charge in [-0.2, -0.15) is 0 Å². The SMILES string of the molecule is C=C1/C(=C\C=C(/C)N)CCC[C@H]2[C@]1(C)N=C(N(COCCOC)C(=O)OC(C)(C)C)N(C)S2(=O)=O. The molecule has 0 bridgehead atoms. The van der Waals surface area contributed by atoms with Crippen molar-refractivity contribution in [3.05, 3.63) is 35.6 Å². The lowest BCUT2D eigenvalue weighted by Gasteiger charge is -2.44. The number of methoxy groups -OCH3 is 1. The van der Waals surface area contributed by atoms with E-state index in [1.807, 2.05) is 6.08 Å². The number of sulfonamides is 1. The van der Waals surface area contributed by atoms with E-state index in [1.54, 1.807) is 40.7 Å². The Hall–Kier alpha value is -2.37. The molecule has 0 spiro atoms. The largest absolute Gasteiger partial charge is 0.443 e. The summed E-state index contributed by atoms with van der Waals surface area (Å²) in [7, 11) is -0.966. The van der Waals surface area contributed by atoms with Crippen LogP contribution < -0.4 is 5.73 Å². The summed E-state index contributed by atoms with van der Waals surface area (Å²) in [6.45, 7) is 13.2. The van der Waals surface area contributed by atoms with Crippen LogP contribution in [0.1, 0.15) is 53.9 Å². The zero-order chi connectivity index (χ0) is 26.6. The fourth-order valence-corrected chi connectivity index (χ4v) is 6.03. The van der Waals surface area contributed by atoms with E-state index in [2.05, 4.69) is 6.58 Å². The van der Waals surface area contributed by atoms with Crippen molar-refractivity contribution in [1.29, 1.82) is 0 Å². The minimum atomic E-state index is -3.89. The van der Waals surface area contributed by atoms with E-state index >= 15 is 0 Å². The smallest absolute Gasteiger partial charge is 0.419 e. The summed E-state index contributed by atoms with van der Waals surface area (Å²) in [6.07, 6.45) is 4.57. The monoisotopic (exact) mass is 512 g/mol. The Morgan fingerprint density at radius 3 is 2.60 bits per heavy atom. The third-order valence-corrected chi connectivity index (χ3v) is 8.29. The molecular weight excluding hydrogens is 472 g/mol. The van der Waals surface area contributed by atoms with Crippen molar-refractivity contribution in [3.8, 4) is 0 Å². The van der Waals surface area contributed by atoms with Crippen LogP contribution in [0.2, 0.25) is 0 Å². The van der Waals surface area contributed by atoms with Gasteiger partial charge in [-0.3, -0.25) is 0 Å². The van der Waals surface area contributed by atoms with E-state index in [9.17, 15) is 13.2 Å². The molecule has 1 aliphatic carbocycles. The van der Waals surface area contributed by atoms with Crippen molar-refractivity contribution >= 4 is 22.1 Å². The predicted octanol–water partition coefficient (Wildman–Crippen LogP) is 3.13. The second-order valence-electron chi connectivity index (χ2n) is 9.97. The van der Waals surface area contributed by atoms with Crippen LogP contribution in [0.4, 0.5) is 4.79 Å². The van der Waals surface area contributed by atoms with Gasteiger partial charge in [0.05, 0.1) is 13.2 Å². The number of rotatable bonds is 6. The Balaban J connectivity index is 2.63. The number of guanidine groups is 1. The molecule has 1 saturated carbocycles. The average Bonchev–Trinajstić information content (AvgIpc) is 2.86. The van der Waals surface area contributed by atoms with Crippen LogP contribution in [0.15, 0.2) is 40.6 Å². The highest BCUT2D eigenvalue weighted by atomic mass is 32.2. The Kier molecular flexibility index (Phi) is 9.18. The van der Waals surface area contributed by atoms with Crippen LogP contribution in [0, 0.1) is 0 Å². The average molecular weight is 513 g/mol. The number of allylic oxidation sites excluding steroid dienone is 3. The molecule has 11 heteroatoms. The molecule has 2 aliphatic rings. The normalized spacial score (nSPS) is 26.1. The number of fused-ring (bicyclic) bond motifs is 1. The lowest BCUT2D eigenvalue weighted by Crippen LogP contribution is -2.61. The summed E-state index contributed by atoms with van der Waals surface area (Å²) < 4.78 is 44.7. The standard InChI is InChI=1S/C24H40N4O6S/c1-17(25)12-13-19-10-9-11-20-24(6,18(19)2)26-21(27(7)35(20,30)31)28(16-33-15-14-32-8)22(29)34-23(3,4)5/h12-13,20H,2,9-11,14-16,25H2,1,3-8H3/b17-12+,19-13-/t20-,24+/m0/s1. The van der Waals surface area contributed by atoms with E-state index in [1.165, 1.54) is 14.2 Å². The van der Waals surface area contributed by atoms with Gasteiger partial charge in [-0.05, 0) is 71.1 Å². The number of ether oxygens (including phenoxy) is 3. The van der Waals surface area contributed by atoms with Gasteiger partial charge in [0, 0.05) is 19.9 Å². The van der Waals surface area contributed by atoms with Gasteiger partial charge in [0.15, 0.2) is 0 Å². The van der Waals surface area contributed by atoms with Gasteiger partial charge in [0.25, 0.3) is 0 Å². The maximum absolute atomic E-state index is 13.7. The maximum atomic E-state index is 13.7. The van der Waals surface area contributed by atoms with Crippen LogP contribution in [0.25, 0.3) is 0 Å². The maximum Gasteiger partial charge on any atom is 0.419 e. The van der Waals surface area contributed by atoms with Gasteiger partial charge < -0.3 is 19.9 Å². The van der Waals surface area contributed by atoms with Crippen LogP contribution in [0.3, 0.4) is 0 Å². The van der Waals surface area contributed by atoms with Gasteiger partial charge in [-0.15, -0.1) is 0 Å². The number of aliphatic imine (C=N–C) groups is 1. The molecule has 2 N–H and O–H groups in total. The molecule has 35 heavy (non-hydrogen) atoms. The number of carbonyl (C=O) groups is 1. The highest BCUT2D eigenvalue weighted by Gasteiger charge is 2.54. The molecule has 1 heterocycles. The van der Waals surface area contributed by atoms with E-state index in [0.29, 0.717) is 37.1 Å². The first kappa shape index (κ1) is 28.9. The molecule has 1 amide bonds. The first-order valence-electron chi connectivity index (χ1n) is 11.6. The summed E-state index contributed by atoms with van der Waals surface area (Å²) in [4.78, 5) is 19.1. The summed E-state index contributed by atoms with van der Waals surface area (Å²) in [5.41, 5.74) is 5.88. The lowest BCUT2D eigenvalue weighted by atomic mass is 9.85. The topological polar surface area (TPSA) is 124 Å². The van der Waals surface area contributed by atoms with Crippen molar-refractivity contribution in [2.24, 2.45) is 10.7 Å². The molecule has 0 saturated heterocycles. The zero-order valence-corrected chi connectivity index (χ0v) is 22.8. The third kappa shape index (κ3) is 6.65. The minimum absolute atomic E-state index is 0.0802. The summed E-state index contributed by atoms with van der Waals surface area (Å²) in [6, 6.07) is 0. The summed E-state index contributed by atoms with van der Waals surface area (Å²) in [5.74, 6) is -0.0802. The predicted molar refractivity (Wildman–Crippen MR) is 136 cm³/mol. The fraction of sp³-hybridized carbons (Fsp3) is 0.667. The number of hydrogen-bond donors (Lipinski definition) is 1. The van der Waals surface area contributed by atoms with E-state index in [4.69, 9.17) is 24.9 Å². The molecule has 0 aromatic carbocycles. The highest BCUT2D eigenvalue weighted by molar-refractivity contribution is 7.90. The summed E-state index contributed by atoms with van der Waals surface area (Å²) >= 11 is 0. The van der Waals surface area contributed by atoms with Gasteiger partial charge >= 0.3 is 6.09 Å². The quantitative estimate of drug-likeness (QED) is 0.428. The van der Waals surface area contributed by atoms with Gasteiger partial charge in [-0.1, -0.05) is 12.7 Å². The Labute approximate surface area is 209 Å². The van der Waals surface area contributed by atoms with Gasteiger partial charge in [0.2, 0.25) is 16.0 Å². The van der Waals surface area contributed by atoms with Crippen molar-refractivity contribution < 1.29 is 27.4 Å². The number of hydrogen-bond acceptors (Lipinski definition) is 8. The van der Waals surface area contributed by atoms with E-state index in [-0.39, 0.29) is 19.3 Å². The highest BCUT2D eigenvalue weighted by Crippen LogP contribution is 2.44. The van der Waals surface area contributed by atoms with Crippen LogP contribution >= 0.6 is 0 Å². The number of nitrogens with zero attached hydrogens (tertiary/aromatic N) is 3. The van der Waals surface area contributed by atoms with Crippen LogP contribution in [-0.4, -0.2) is 80.2 Å². The van der Waals surface area contributed by atoms with E-state index < -0.39 is 32.5 Å². The van der Waals surface area contributed by atoms with Gasteiger partial charge in [0.1, 0.15) is 23.1 Å². The van der Waals surface area contributed by atoms with Crippen molar-refractivity contribution in [2.45, 2.75) is 70.3 Å². The van der Waals surface area contributed by atoms with Crippen molar-refractivity contribution in [1.82, 2.24) is 9.21 Å². The first-order valence-corrected chi connectivity index (χ1v) is 13.1. The Bertz CT molecular complexity index is 1010. The number of nitrogens with two attached hydrogens (primary N) is 1. The minimum Gasteiger partial charge on any atom is -0.443 e. The second kappa shape index (κ2) is 11.1. The first-order chi connectivity index (χ1) is 16.1. The van der Waals surface area contributed by atoms with Crippen LogP contribution in [-0.2, 0) is 24.2 Å². The molecule has 0 aromatic rings. The molecule has 198 valence electrons. The third-order valence-electron chi connectivity index (χ3n) is 5.95. The second-order valence-corrected chi connectivity index (χ2v) is 12.1. The number of amides is 1. The Morgan fingerprint density at radius 2 is 2.03 bits per heavy atom. The Morgan fingerprint density at radius 1 is 1.37 bits per heavy atom. The van der Waals surface area contributed by atoms with Crippen molar-refractivity contribution in [3.63, 3.8) is 0 Å². The van der Waals surface area contributed by atoms with E-state index in [0.717, 1.165) is 14.8 Å². The zero-order valence-electron chi connectivity index (χ0n) is 22.0. The molecule has 1 fully saturated rings. The van der Waals surface area contributed by atoms with Crippen molar-refractivity contribution in [2.75, 3.05) is 34.1 Å². The molecular formula is C24H40N4O6S. The lowest BCUT2D eigenvalue weighted by molar-refractivity contribution is -0.00413. The molecule has 0 aromatic heterocycles. The number of carbonyl (C=O) groups excluding carboxylic acids is 1. The molecule has 2 atom stereocenters. The molecule has 10 nitrogen and oxygen atoms in total. The molecule has 1 aliphatic heterocycles. The molecule has 0 unspecified atom stereocenters. The summed E-state index contributed by atoms with van der Waals surface area (Å²) in [5, 5.41) is -0.833. The van der Waals surface area contributed by atoms with Gasteiger partial charge in [-0.25, -0.2) is 27.4 Å². The van der Waals surface area contributed by atoms with Crippen LogP contribution in [0.5, 0.6) is 0 Å². The molecule has 0 radical (unpaired) electrons. The molecule has 2 rings (SSSR count).